The minimum atomic E-state index is -1.21. The second kappa shape index (κ2) is 22.2. The molecule has 7 rings (SSSR count). The first kappa shape index (κ1) is 49.1. The van der Waals surface area contributed by atoms with E-state index >= 15 is 0 Å². The number of benzene rings is 2. The second-order valence-electron chi connectivity index (χ2n) is 18.8. The number of nitrogens with one attached hydrogen (secondary N) is 5. The van der Waals surface area contributed by atoms with Crippen LogP contribution >= 0.6 is 0 Å². The van der Waals surface area contributed by atoms with Gasteiger partial charge >= 0.3 is 7.12 Å². The number of hydrogen-bond donors (Lipinski definition) is 7. The normalized spacial score (nSPS) is 28.1. The van der Waals surface area contributed by atoms with Gasteiger partial charge < -0.3 is 56.8 Å². The van der Waals surface area contributed by atoms with Crippen molar-refractivity contribution in [3.05, 3.63) is 59.7 Å². The predicted molar refractivity (Wildman–Crippen MR) is 243 cm³/mol. The highest BCUT2D eigenvalue weighted by Gasteiger charge is 2.68. The van der Waals surface area contributed by atoms with E-state index in [1.807, 2.05) is 12.1 Å². The van der Waals surface area contributed by atoms with Gasteiger partial charge in [-0.1, -0.05) is 63.6 Å². The number of amides is 5. The van der Waals surface area contributed by atoms with Crippen LogP contribution in [0, 0.1) is 17.3 Å². The molecule has 0 radical (unpaired) electrons. The summed E-state index contributed by atoms with van der Waals surface area (Å²) in [6, 6.07) is 10.1. The van der Waals surface area contributed by atoms with Crippen molar-refractivity contribution >= 4 is 36.7 Å². The standard InChI is InChI=1S/C47H70BN7O9/c1-6-7-12-30-14-16-31(17-15-30)32-18-20-33(21-19-32)41(57)52-35(13-8-9-22-49)42(58)54-36-27-61-23-10-11-24-62-28-37(53-40(56)29(2)51-43(36)59)44(60)55-45(50)48-63-39-26-34-25-38(46(34,3)4)47(39,5)64-48/h14-21,29,34-39,45H,6-13,22-28,49-50H2,1-5H3,(H,51,59)(H,52,57)(H,53,56)(H,54,58)(H,55,60). The predicted octanol–water partition coefficient (Wildman–Crippen LogP) is 2.89. The fourth-order valence-electron chi connectivity index (χ4n) is 9.57. The lowest BCUT2D eigenvalue weighted by atomic mass is 9.43. The van der Waals surface area contributed by atoms with Crippen molar-refractivity contribution < 1.29 is 42.8 Å². The summed E-state index contributed by atoms with van der Waals surface area (Å²) in [7, 11) is -0.873. The first-order valence-electron chi connectivity index (χ1n) is 23.3. The van der Waals surface area contributed by atoms with Crippen LogP contribution in [0.1, 0.15) is 108 Å². The highest BCUT2D eigenvalue weighted by atomic mass is 16.7. The molecule has 5 aliphatic rings. The molecule has 0 spiro atoms. The lowest BCUT2D eigenvalue weighted by molar-refractivity contribution is -0.199. The Balaban J connectivity index is 1.06. The maximum atomic E-state index is 13.9. The average Bonchev–Trinajstić information content (AvgIpc) is 3.65. The summed E-state index contributed by atoms with van der Waals surface area (Å²) in [4.78, 5) is 68.4. The van der Waals surface area contributed by atoms with Gasteiger partial charge in [0.25, 0.3) is 5.91 Å². The number of aryl methyl sites for hydroxylation is 1. The maximum absolute atomic E-state index is 13.9. The molecule has 9 N–H and O–H groups in total. The van der Waals surface area contributed by atoms with Crippen molar-refractivity contribution in [3.63, 3.8) is 0 Å². The van der Waals surface area contributed by atoms with Crippen molar-refractivity contribution in [2.45, 2.75) is 141 Å². The molecule has 2 bridgehead atoms. The van der Waals surface area contributed by atoms with Crippen molar-refractivity contribution in [1.82, 2.24) is 26.6 Å². The number of carbonyl (C=O) groups is 5. The number of carbonyl (C=O) groups excluding carboxylic acids is 5. The topological polar surface area (TPSA) is 234 Å². The Bertz CT molecular complexity index is 1920. The fourth-order valence-corrected chi connectivity index (χ4v) is 9.57. The first-order valence-corrected chi connectivity index (χ1v) is 23.3. The van der Waals surface area contributed by atoms with Gasteiger partial charge in [-0.25, -0.2) is 0 Å². The number of nitrogens with two attached hydrogens (primary N) is 2. The maximum Gasteiger partial charge on any atom is 0.497 e. The van der Waals surface area contributed by atoms with Crippen LogP contribution < -0.4 is 38.1 Å². The molecule has 9 unspecified atom stereocenters. The lowest BCUT2D eigenvalue weighted by Crippen LogP contribution is -2.65. The first-order chi connectivity index (χ1) is 30.6. The van der Waals surface area contributed by atoms with Crippen LogP contribution in [0.2, 0.25) is 0 Å². The van der Waals surface area contributed by atoms with E-state index in [0.717, 1.165) is 43.2 Å². The smallest absolute Gasteiger partial charge is 0.403 e. The third-order valence-corrected chi connectivity index (χ3v) is 13.8. The fraction of sp³-hybridized carbons (Fsp3) is 0.638. The van der Waals surface area contributed by atoms with Crippen LogP contribution in [0.5, 0.6) is 0 Å². The van der Waals surface area contributed by atoms with Crippen molar-refractivity contribution in [1.29, 1.82) is 0 Å². The molecule has 2 aromatic carbocycles. The molecule has 5 amide bonds. The molecule has 9 atom stereocenters. The van der Waals surface area contributed by atoms with Crippen molar-refractivity contribution in [3.8, 4) is 11.1 Å². The van der Waals surface area contributed by atoms with Crippen LogP contribution in [0.25, 0.3) is 11.1 Å². The summed E-state index contributed by atoms with van der Waals surface area (Å²) >= 11 is 0. The van der Waals surface area contributed by atoms with Crippen LogP contribution in [0.3, 0.4) is 0 Å². The molecule has 16 nitrogen and oxygen atoms in total. The molecule has 3 aliphatic carbocycles. The molecule has 17 heteroatoms. The molecule has 5 fully saturated rings. The Labute approximate surface area is 378 Å². The van der Waals surface area contributed by atoms with Crippen LogP contribution in [-0.2, 0) is 44.4 Å². The summed E-state index contributed by atoms with van der Waals surface area (Å²) in [6.07, 6.45) is 7.67. The lowest BCUT2D eigenvalue weighted by Gasteiger charge is -2.64. The van der Waals surface area contributed by atoms with Crippen LogP contribution in [0.4, 0.5) is 0 Å². The van der Waals surface area contributed by atoms with Gasteiger partial charge in [0.2, 0.25) is 23.6 Å². The van der Waals surface area contributed by atoms with Gasteiger partial charge in [0, 0.05) is 18.8 Å². The zero-order valence-corrected chi connectivity index (χ0v) is 38.3. The highest BCUT2D eigenvalue weighted by Crippen LogP contribution is 2.65. The summed E-state index contributed by atoms with van der Waals surface area (Å²) in [5, 5.41) is 13.7. The zero-order valence-electron chi connectivity index (χ0n) is 38.3. The Hall–Kier alpha value is -4.39. The van der Waals surface area contributed by atoms with Crippen molar-refractivity contribution in [2.24, 2.45) is 28.7 Å². The van der Waals surface area contributed by atoms with Gasteiger partial charge in [0.05, 0.1) is 24.9 Å². The van der Waals surface area contributed by atoms with Crippen LogP contribution in [-0.4, -0.2) is 112 Å². The van der Waals surface area contributed by atoms with Gasteiger partial charge in [0.15, 0.2) is 0 Å². The third kappa shape index (κ3) is 11.9. The summed E-state index contributed by atoms with van der Waals surface area (Å²) in [5.74, 6) is -2.12. The van der Waals surface area contributed by atoms with E-state index in [-0.39, 0.29) is 44.4 Å². The summed E-state index contributed by atoms with van der Waals surface area (Å²) in [5.41, 5.74) is 15.5. The molecule has 350 valence electrons. The molecule has 0 aromatic heterocycles. The van der Waals surface area contributed by atoms with Crippen LogP contribution in [0.15, 0.2) is 48.5 Å². The minimum absolute atomic E-state index is 0.130. The third-order valence-electron chi connectivity index (χ3n) is 13.8. The van der Waals surface area contributed by atoms with E-state index in [1.54, 1.807) is 12.1 Å². The molecule has 2 saturated heterocycles. The van der Waals surface area contributed by atoms with Gasteiger partial charge in [-0.05, 0) is 124 Å². The van der Waals surface area contributed by atoms with E-state index in [4.69, 9.17) is 30.2 Å². The average molecular weight is 888 g/mol. The van der Waals surface area contributed by atoms with Crippen molar-refractivity contribution in [2.75, 3.05) is 33.0 Å². The summed E-state index contributed by atoms with van der Waals surface area (Å²) in [6.45, 7) is 10.8. The van der Waals surface area contributed by atoms with E-state index in [2.05, 4.69) is 78.5 Å². The molecule has 2 heterocycles. The molecule has 3 saturated carbocycles. The number of hydrogen-bond acceptors (Lipinski definition) is 11. The van der Waals surface area contributed by atoms with Gasteiger partial charge in [-0.2, -0.15) is 0 Å². The second-order valence-corrected chi connectivity index (χ2v) is 18.8. The molecule has 2 aromatic rings. The Morgan fingerprint density at radius 3 is 2.20 bits per heavy atom. The van der Waals surface area contributed by atoms with E-state index < -0.39 is 72.5 Å². The van der Waals surface area contributed by atoms with Gasteiger partial charge in [-0.15, -0.1) is 0 Å². The molecule has 2 aliphatic heterocycles. The van der Waals surface area contributed by atoms with E-state index in [9.17, 15) is 24.0 Å². The summed E-state index contributed by atoms with van der Waals surface area (Å²) < 4.78 is 24.3. The Kier molecular flexibility index (Phi) is 17.0. The largest absolute Gasteiger partial charge is 0.497 e. The quantitative estimate of drug-likeness (QED) is 0.0781. The SMILES string of the molecule is CCCCc1ccc(-c2ccc(C(=O)NC(CCCCN)C(=O)NC3COCCCCOCC(C(=O)NC(N)B4OC5CC6CC(C6(C)C)C5(C)O4)NC(=O)C(C)NC3=O)cc2)cc1. The van der Waals surface area contributed by atoms with E-state index in [1.165, 1.54) is 12.5 Å². The van der Waals surface area contributed by atoms with E-state index in [0.29, 0.717) is 49.6 Å². The Morgan fingerprint density at radius 1 is 0.875 bits per heavy atom. The van der Waals surface area contributed by atoms with Gasteiger partial charge in [-0.3, -0.25) is 24.0 Å². The highest BCUT2D eigenvalue weighted by molar-refractivity contribution is 6.47. The molecule has 64 heavy (non-hydrogen) atoms. The minimum Gasteiger partial charge on any atom is -0.403 e. The zero-order chi connectivity index (χ0) is 46.0. The number of ether oxygens (including phenoxy) is 2. The molecular weight excluding hydrogens is 817 g/mol. The number of unbranched alkanes of at least 4 members (excludes halogenated alkanes) is 2. The molecular formula is C47H70BN7O9. The monoisotopic (exact) mass is 888 g/mol. The van der Waals surface area contributed by atoms with Gasteiger partial charge in [0.1, 0.15) is 30.2 Å². The Morgan fingerprint density at radius 2 is 1.55 bits per heavy atom. The number of rotatable bonds is 15.